The number of carbonyl (C=O) groups is 1. The fourth-order valence-corrected chi connectivity index (χ4v) is 3.91. The van der Waals surface area contributed by atoms with Gasteiger partial charge in [-0.2, -0.15) is 0 Å². The fraction of sp³-hybridized carbons (Fsp3) is 0.571. The van der Waals surface area contributed by atoms with Crippen molar-refractivity contribution in [2.24, 2.45) is 17.8 Å². The van der Waals surface area contributed by atoms with Crippen molar-refractivity contribution in [3.8, 4) is 0 Å². The number of nitrogens with zero attached hydrogens (tertiary/aromatic N) is 1. The summed E-state index contributed by atoms with van der Waals surface area (Å²) in [5.41, 5.74) is 0.752. The number of pyridine rings is 1. The van der Waals surface area contributed by atoms with E-state index in [1.165, 1.54) is 25.7 Å². The van der Waals surface area contributed by atoms with Crippen LogP contribution in [0.4, 0.5) is 0 Å². The van der Waals surface area contributed by atoms with Crippen LogP contribution in [-0.2, 0) is 0 Å². The molecule has 90 valence electrons. The molecule has 0 amide bonds. The summed E-state index contributed by atoms with van der Waals surface area (Å²) in [4.78, 5) is 16.2. The van der Waals surface area contributed by atoms with E-state index in [-0.39, 0.29) is 5.78 Å². The molecule has 2 nitrogen and oxygen atoms in total. The molecule has 2 bridgehead atoms. The lowest BCUT2D eigenvalue weighted by molar-refractivity contribution is 0.0944. The summed E-state index contributed by atoms with van der Waals surface area (Å²) in [6.45, 7) is 0. The molecule has 3 rings (SSSR count). The van der Waals surface area contributed by atoms with Gasteiger partial charge in [0.1, 0.15) is 0 Å². The summed E-state index contributed by atoms with van der Waals surface area (Å²) in [6, 6.07) is 1.88. The first-order chi connectivity index (χ1) is 8.22. The maximum absolute atomic E-state index is 12.2. The van der Waals surface area contributed by atoms with E-state index in [2.05, 4.69) is 20.9 Å². The second-order valence-corrected chi connectivity index (χ2v) is 6.37. The third kappa shape index (κ3) is 2.30. The first kappa shape index (κ1) is 11.4. The normalized spacial score (nSPS) is 30.8. The van der Waals surface area contributed by atoms with Gasteiger partial charge in [0.25, 0.3) is 0 Å². The van der Waals surface area contributed by atoms with Crippen molar-refractivity contribution in [3.05, 3.63) is 28.5 Å². The standard InChI is InChI=1S/C14H16BrNO/c15-13-5-12(7-16-8-13)14(17)6-11-4-9-1-2-10(11)3-9/h5,7-11H,1-4,6H2. The molecule has 2 saturated carbocycles. The van der Waals surface area contributed by atoms with E-state index in [9.17, 15) is 4.79 Å². The van der Waals surface area contributed by atoms with Gasteiger partial charge in [0, 0.05) is 28.9 Å². The number of Topliss-reactive ketones (excluding diaryl/α,β-unsaturated/α-hetero) is 1. The second-order valence-electron chi connectivity index (χ2n) is 5.45. The molecule has 0 N–H and O–H groups in total. The first-order valence-electron chi connectivity index (χ1n) is 6.36. The monoisotopic (exact) mass is 293 g/mol. The summed E-state index contributed by atoms with van der Waals surface area (Å²) < 4.78 is 0.885. The Hall–Kier alpha value is -0.700. The minimum Gasteiger partial charge on any atom is -0.294 e. The van der Waals surface area contributed by atoms with Gasteiger partial charge in [0.05, 0.1) is 0 Å². The molecule has 2 aliphatic carbocycles. The van der Waals surface area contributed by atoms with Gasteiger partial charge >= 0.3 is 0 Å². The quantitative estimate of drug-likeness (QED) is 0.792. The zero-order chi connectivity index (χ0) is 11.8. The Morgan fingerprint density at radius 3 is 2.88 bits per heavy atom. The van der Waals surface area contributed by atoms with Crippen LogP contribution in [0.2, 0.25) is 0 Å². The molecule has 1 aromatic rings. The van der Waals surface area contributed by atoms with Crippen molar-refractivity contribution < 1.29 is 4.79 Å². The number of halogens is 1. The highest BCUT2D eigenvalue weighted by atomic mass is 79.9. The summed E-state index contributed by atoms with van der Waals surface area (Å²) in [7, 11) is 0. The molecule has 3 atom stereocenters. The number of rotatable bonds is 3. The summed E-state index contributed by atoms with van der Waals surface area (Å²) in [6.07, 6.45) is 9.51. The molecule has 1 aromatic heterocycles. The van der Waals surface area contributed by atoms with Crippen molar-refractivity contribution in [2.75, 3.05) is 0 Å². The molecule has 2 fully saturated rings. The van der Waals surface area contributed by atoms with Gasteiger partial charge in [-0.15, -0.1) is 0 Å². The van der Waals surface area contributed by atoms with Gasteiger partial charge in [-0.3, -0.25) is 9.78 Å². The number of aromatic nitrogens is 1. The van der Waals surface area contributed by atoms with Crippen molar-refractivity contribution in [1.29, 1.82) is 0 Å². The molecule has 0 spiro atoms. The number of hydrogen-bond acceptors (Lipinski definition) is 2. The number of hydrogen-bond donors (Lipinski definition) is 0. The fourth-order valence-electron chi connectivity index (χ4n) is 3.55. The van der Waals surface area contributed by atoms with Crippen LogP contribution in [0.1, 0.15) is 42.5 Å². The van der Waals surface area contributed by atoms with E-state index in [0.29, 0.717) is 5.92 Å². The molecule has 0 aromatic carbocycles. The highest BCUT2D eigenvalue weighted by Crippen LogP contribution is 2.49. The highest BCUT2D eigenvalue weighted by Gasteiger charge is 2.40. The van der Waals surface area contributed by atoms with E-state index in [1.807, 2.05) is 6.07 Å². The van der Waals surface area contributed by atoms with Crippen molar-refractivity contribution in [2.45, 2.75) is 32.1 Å². The minimum atomic E-state index is 0.261. The van der Waals surface area contributed by atoms with Crippen molar-refractivity contribution in [3.63, 3.8) is 0 Å². The van der Waals surface area contributed by atoms with Crippen LogP contribution >= 0.6 is 15.9 Å². The Morgan fingerprint density at radius 1 is 1.35 bits per heavy atom. The highest BCUT2D eigenvalue weighted by molar-refractivity contribution is 9.10. The first-order valence-corrected chi connectivity index (χ1v) is 7.15. The number of carbonyl (C=O) groups excluding carboxylic acids is 1. The van der Waals surface area contributed by atoms with Crippen LogP contribution < -0.4 is 0 Å². The van der Waals surface area contributed by atoms with Gasteiger partial charge in [-0.1, -0.05) is 6.42 Å². The minimum absolute atomic E-state index is 0.261. The van der Waals surface area contributed by atoms with E-state index in [1.54, 1.807) is 12.4 Å². The molecule has 0 aliphatic heterocycles. The van der Waals surface area contributed by atoms with Gasteiger partial charge < -0.3 is 0 Å². The molecule has 2 aliphatic rings. The maximum atomic E-state index is 12.2. The van der Waals surface area contributed by atoms with Crippen LogP contribution in [0.5, 0.6) is 0 Å². The second kappa shape index (κ2) is 4.52. The van der Waals surface area contributed by atoms with Gasteiger partial charge in [0.2, 0.25) is 0 Å². The molecule has 3 heteroatoms. The SMILES string of the molecule is O=C(CC1CC2CCC1C2)c1cncc(Br)c1. The Kier molecular flexibility index (Phi) is 3.03. The summed E-state index contributed by atoms with van der Waals surface area (Å²) >= 11 is 3.36. The predicted molar refractivity (Wildman–Crippen MR) is 69.8 cm³/mol. The molecule has 3 unspecified atom stereocenters. The van der Waals surface area contributed by atoms with Gasteiger partial charge in [0.15, 0.2) is 5.78 Å². The van der Waals surface area contributed by atoms with Crippen LogP contribution in [0.25, 0.3) is 0 Å². The van der Waals surface area contributed by atoms with Crippen LogP contribution in [0.3, 0.4) is 0 Å². The molecular weight excluding hydrogens is 278 g/mol. The number of ketones is 1. The van der Waals surface area contributed by atoms with E-state index >= 15 is 0 Å². The lowest BCUT2D eigenvalue weighted by Crippen LogP contribution is -2.15. The van der Waals surface area contributed by atoms with Gasteiger partial charge in [-0.05, 0) is 59.0 Å². The average molecular weight is 294 g/mol. The molecule has 1 heterocycles. The van der Waals surface area contributed by atoms with Gasteiger partial charge in [-0.25, -0.2) is 0 Å². The van der Waals surface area contributed by atoms with E-state index in [0.717, 1.165) is 28.3 Å². The van der Waals surface area contributed by atoms with Crippen molar-refractivity contribution in [1.82, 2.24) is 4.98 Å². The zero-order valence-electron chi connectivity index (χ0n) is 9.73. The van der Waals surface area contributed by atoms with E-state index < -0.39 is 0 Å². The Labute approximate surface area is 110 Å². The number of fused-ring (bicyclic) bond motifs is 2. The third-order valence-corrected chi connectivity index (χ3v) is 4.79. The van der Waals surface area contributed by atoms with Crippen LogP contribution in [0, 0.1) is 17.8 Å². The van der Waals surface area contributed by atoms with Crippen LogP contribution in [0.15, 0.2) is 22.9 Å². The van der Waals surface area contributed by atoms with E-state index in [4.69, 9.17) is 0 Å². The van der Waals surface area contributed by atoms with Crippen molar-refractivity contribution >= 4 is 21.7 Å². The third-order valence-electron chi connectivity index (χ3n) is 4.36. The summed E-state index contributed by atoms with van der Waals surface area (Å²) in [5.74, 6) is 2.64. The Bertz CT molecular complexity index is 446. The molecular formula is C14H16BrNO. The largest absolute Gasteiger partial charge is 0.294 e. The average Bonchev–Trinajstić information content (AvgIpc) is 2.91. The lowest BCUT2D eigenvalue weighted by Gasteiger charge is -2.20. The smallest absolute Gasteiger partial charge is 0.164 e. The zero-order valence-corrected chi connectivity index (χ0v) is 11.3. The predicted octanol–water partition coefficient (Wildman–Crippen LogP) is 3.85. The Balaban J connectivity index is 1.68. The lowest BCUT2D eigenvalue weighted by atomic mass is 9.84. The molecule has 17 heavy (non-hydrogen) atoms. The Morgan fingerprint density at radius 2 is 2.24 bits per heavy atom. The summed E-state index contributed by atoms with van der Waals surface area (Å²) in [5, 5.41) is 0. The topological polar surface area (TPSA) is 30.0 Å². The molecule has 0 radical (unpaired) electrons. The maximum Gasteiger partial charge on any atom is 0.164 e. The van der Waals surface area contributed by atoms with Crippen LogP contribution in [-0.4, -0.2) is 10.8 Å². The molecule has 0 saturated heterocycles.